The first-order valence-corrected chi connectivity index (χ1v) is 20.9. The van der Waals surface area contributed by atoms with Crippen molar-refractivity contribution in [1.82, 2.24) is 20.9 Å². The molecule has 10 nitrogen and oxygen atoms in total. The van der Waals surface area contributed by atoms with Crippen LogP contribution in [0.15, 0.2) is 0 Å². The van der Waals surface area contributed by atoms with E-state index in [9.17, 15) is 24.0 Å². The number of ether oxygens (including phenoxy) is 1. The van der Waals surface area contributed by atoms with E-state index in [1.165, 1.54) is 6.42 Å². The van der Waals surface area contributed by atoms with Crippen molar-refractivity contribution in [2.24, 2.45) is 29.1 Å². The van der Waals surface area contributed by atoms with Gasteiger partial charge < -0.3 is 25.6 Å². The van der Waals surface area contributed by atoms with E-state index in [1.54, 1.807) is 12.0 Å². The lowest BCUT2D eigenvalue weighted by Crippen LogP contribution is -2.51. The van der Waals surface area contributed by atoms with E-state index in [4.69, 9.17) is 4.74 Å². The third-order valence-electron chi connectivity index (χ3n) is 11.9. The van der Waals surface area contributed by atoms with Gasteiger partial charge in [-0.05, 0) is 101 Å². The molecular weight excluding hydrogens is 656 g/mol. The van der Waals surface area contributed by atoms with Gasteiger partial charge in [-0.1, -0.05) is 60.8 Å². The van der Waals surface area contributed by atoms with Gasteiger partial charge in [0, 0.05) is 62.9 Å². The molecule has 0 radical (unpaired) electrons. The number of nitrogens with zero attached hydrogens (tertiary/aromatic N) is 1. The molecule has 5 unspecified atom stereocenters. The highest BCUT2D eigenvalue weighted by Gasteiger charge is 2.35. The molecule has 52 heavy (non-hydrogen) atoms. The zero-order valence-corrected chi connectivity index (χ0v) is 33.9. The Bertz CT molecular complexity index is 1140. The number of hydrogen-bond acceptors (Lipinski definition) is 6. The average molecular weight is 731 g/mol. The molecule has 0 saturated heterocycles. The number of rotatable bonds is 19. The number of nitrogens with one attached hydrogen (secondary N) is 3. The van der Waals surface area contributed by atoms with Crippen molar-refractivity contribution in [2.75, 3.05) is 20.2 Å². The number of amides is 4. The van der Waals surface area contributed by atoms with Crippen LogP contribution < -0.4 is 16.0 Å². The van der Waals surface area contributed by atoms with Crippen LogP contribution >= 0.6 is 0 Å². The van der Waals surface area contributed by atoms with Gasteiger partial charge in [-0.2, -0.15) is 0 Å². The van der Waals surface area contributed by atoms with E-state index in [-0.39, 0.29) is 77.9 Å². The van der Waals surface area contributed by atoms with E-state index in [1.807, 2.05) is 0 Å². The second-order valence-corrected chi connectivity index (χ2v) is 18.1. The highest BCUT2D eigenvalue weighted by Crippen LogP contribution is 2.32. The summed E-state index contributed by atoms with van der Waals surface area (Å²) in [5, 5.41) is 9.49. The topological polar surface area (TPSA) is 134 Å². The molecule has 0 aromatic heterocycles. The molecule has 0 spiro atoms. The number of carbonyl (C=O) groups is 5. The number of hydrogen-bond donors (Lipinski definition) is 3. The highest BCUT2D eigenvalue weighted by molar-refractivity contribution is 5.91. The maximum atomic E-state index is 14.0. The molecule has 4 amide bonds. The summed E-state index contributed by atoms with van der Waals surface area (Å²) < 4.78 is 5.61. The fourth-order valence-electron chi connectivity index (χ4n) is 8.37. The Hall–Kier alpha value is -2.49. The van der Waals surface area contributed by atoms with Gasteiger partial charge in [-0.3, -0.25) is 19.2 Å². The van der Waals surface area contributed by atoms with Gasteiger partial charge in [0.2, 0.25) is 11.8 Å². The lowest BCUT2D eigenvalue weighted by molar-refractivity contribution is -0.140. The third kappa shape index (κ3) is 16.3. The second kappa shape index (κ2) is 22.0. The standard InChI is InChI=1S/C42H74N4O6/c1-29(2)23-25-46(28-38(48)43-33-18-20-34(21-19-33)44-41(51)45-37-16-9-8-12-30(37)3)39(49)27-32(17-22-35(47)14-11-24-42(4,5)6)40(50)31-13-10-15-36(26-31)52-7/h29-34,36-37H,8-28H2,1-7H3,(H,43,48)(H2,44,45,51). The highest BCUT2D eigenvalue weighted by atomic mass is 16.5. The van der Waals surface area contributed by atoms with Crippen LogP contribution in [0.3, 0.4) is 0 Å². The average Bonchev–Trinajstić information content (AvgIpc) is 3.09. The van der Waals surface area contributed by atoms with Gasteiger partial charge in [0.25, 0.3) is 0 Å². The molecule has 10 heteroatoms. The molecule has 0 heterocycles. The zero-order chi connectivity index (χ0) is 38.3. The van der Waals surface area contributed by atoms with Crippen molar-refractivity contribution in [3.63, 3.8) is 0 Å². The minimum atomic E-state index is -0.550. The first kappa shape index (κ1) is 43.9. The molecule has 0 aromatic carbocycles. The Balaban J connectivity index is 1.56. The molecular formula is C42H74N4O6. The maximum Gasteiger partial charge on any atom is 0.315 e. The van der Waals surface area contributed by atoms with E-state index in [2.05, 4.69) is 57.5 Å². The summed E-state index contributed by atoms with van der Waals surface area (Å²) >= 11 is 0. The van der Waals surface area contributed by atoms with E-state index < -0.39 is 5.92 Å². The van der Waals surface area contributed by atoms with Crippen LogP contribution in [0.5, 0.6) is 0 Å². The first-order chi connectivity index (χ1) is 24.6. The molecule has 3 N–H and O–H groups in total. The molecule has 3 rings (SSSR count). The van der Waals surface area contributed by atoms with Crippen LogP contribution in [-0.4, -0.2) is 78.7 Å². The molecule has 0 aliphatic heterocycles. The Morgan fingerprint density at radius 2 is 1.48 bits per heavy atom. The van der Waals surface area contributed by atoms with Gasteiger partial charge >= 0.3 is 6.03 Å². The van der Waals surface area contributed by atoms with E-state index >= 15 is 0 Å². The molecule has 298 valence electrons. The van der Waals surface area contributed by atoms with Crippen molar-refractivity contribution >= 4 is 29.4 Å². The van der Waals surface area contributed by atoms with Crippen molar-refractivity contribution < 1.29 is 28.7 Å². The lowest BCUT2D eigenvalue weighted by Gasteiger charge is -2.33. The molecule has 3 saturated carbocycles. The summed E-state index contributed by atoms with van der Waals surface area (Å²) in [6, 6.07) is 0.224. The number of urea groups is 1. The molecule has 3 aliphatic carbocycles. The van der Waals surface area contributed by atoms with Gasteiger partial charge in [-0.25, -0.2) is 4.79 Å². The summed E-state index contributed by atoms with van der Waals surface area (Å²) in [7, 11) is 1.69. The van der Waals surface area contributed by atoms with Crippen LogP contribution in [-0.2, 0) is 23.9 Å². The number of methoxy groups -OCH3 is 1. The summed E-state index contributed by atoms with van der Waals surface area (Å²) in [6.07, 6.45) is 14.7. The SMILES string of the molecule is COC1CCCC(C(=O)C(CCC(=O)CCCC(C)(C)C)CC(=O)N(CCC(C)C)CC(=O)NC2CCC(NC(=O)NC3CCCCC3C)CC2)C1. The van der Waals surface area contributed by atoms with Gasteiger partial charge in [-0.15, -0.1) is 0 Å². The van der Waals surface area contributed by atoms with Crippen molar-refractivity contribution in [1.29, 1.82) is 0 Å². The van der Waals surface area contributed by atoms with Crippen LogP contribution in [0.25, 0.3) is 0 Å². The predicted molar refractivity (Wildman–Crippen MR) is 207 cm³/mol. The Morgan fingerprint density at radius 3 is 2.12 bits per heavy atom. The minimum absolute atomic E-state index is 0.00678. The van der Waals surface area contributed by atoms with Crippen LogP contribution in [0.4, 0.5) is 4.79 Å². The van der Waals surface area contributed by atoms with Crippen LogP contribution in [0, 0.1) is 29.1 Å². The quantitative estimate of drug-likeness (QED) is 0.126. The number of Topliss-reactive ketones (excluding diaryl/α,β-unsaturated/α-hetero) is 2. The van der Waals surface area contributed by atoms with Crippen molar-refractivity contribution in [3.8, 4) is 0 Å². The molecule has 0 bridgehead atoms. The molecule has 3 fully saturated rings. The van der Waals surface area contributed by atoms with Crippen molar-refractivity contribution in [3.05, 3.63) is 0 Å². The Morgan fingerprint density at radius 1 is 0.808 bits per heavy atom. The van der Waals surface area contributed by atoms with E-state index in [0.29, 0.717) is 44.1 Å². The summed E-state index contributed by atoms with van der Waals surface area (Å²) in [5.74, 6) is -0.0503. The Kier molecular flexibility index (Phi) is 18.6. The molecule has 0 aromatic rings. The molecule has 5 atom stereocenters. The summed E-state index contributed by atoms with van der Waals surface area (Å²) in [5.41, 5.74) is 0.164. The summed E-state index contributed by atoms with van der Waals surface area (Å²) in [4.78, 5) is 68.6. The molecule has 3 aliphatic rings. The predicted octanol–water partition coefficient (Wildman–Crippen LogP) is 7.51. The monoisotopic (exact) mass is 731 g/mol. The van der Waals surface area contributed by atoms with Crippen LogP contribution in [0.2, 0.25) is 0 Å². The smallest absolute Gasteiger partial charge is 0.315 e. The Labute approximate surface area is 315 Å². The first-order valence-electron chi connectivity index (χ1n) is 20.9. The van der Waals surface area contributed by atoms with E-state index in [0.717, 1.165) is 83.5 Å². The maximum absolute atomic E-state index is 14.0. The second-order valence-electron chi connectivity index (χ2n) is 18.1. The normalized spacial score (nSPS) is 25.9. The largest absolute Gasteiger partial charge is 0.381 e. The fraction of sp³-hybridized carbons (Fsp3) is 0.881. The fourth-order valence-corrected chi connectivity index (χ4v) is 8.37. The number of carbonyl (C=O) groups excluding carboxylic acids is 5. The van der Waals surface area contributed by atoms with Crippen LogP contribution in [0.1, 0.15) is 164 Å². The summed E-state index contributed by atoms with van der Waals surface area (Å²) in [6.45, 7) is 13.3. The third-order valence-corrected chi connectivity index (χ3v) is 11.9. The van der Waals surface area contributed by atoms with Gasteiger partial charge in [0.1, 0.15) is 11.6 Å². The van der Waals surface area contributed by atoms with Crippen molar-refractivity contribution in [2.45, 2.75) is 188 Å². The minimum Gasteiger partial charge on any atom is -0.381 e. The zero-order valence-electron chi connectivity index (χ0n) is 33.9. The lowest BCUT2D eigenvalue weighted by atomic mass is 9.77. The van der Waals surface area contributed by atoms with Gasteiger partial charge in [0.15, 0.2) is 0 Å². The van der Waals surface area contributed by atoms with Gasteiger partial charge in [0.05, 0.1) is 12.6 Å². The number of ketones is 2.